The van der Waals surface area contributed by atoms with Crippen molar-refractivity contribution in [3.8, 4) is 11.3 Å². The summed E-state index contributed by atoms with van der Waals surface area (Å²) in [5.41, 5.74) is -0.845. The molecule has 1 aromatic heterocycles. The Hall–Kier alpha value is -3.33. The molecule has 1 N–H and O–H groups in total. The zero-order valence-electron chi connectivity index (χ0n) is 17.2. The minimum Gasteiger partial charge on any atom is -0.364 e. The quantitative estimate of drug-likeness (QED) is 0.579. The number of amides is 1. The van der Waals surface area contributed by atoms with Crippen LogP contribution in [0, 0.1) is 13.8 Å². The van der Waals surface area contributed by atoms with Crippen LogP contribution in [-0.2, 0) is 0 Å². The highest BCUT2D eigenvalue weighted by molar-refractivity contribution is 6.08. The third kappa shape index (κ3) is 3.62. The highest BCUT2D eigenvalue weighted by Crippen LogP contribution is 2.36. The predicted molar refractivity (Wildman–Crippen MR) is 112 cm³/mol. The summed E-state index contributed by atoms with van der Waals surface area (Å²) < 4.78 is 53.7. The van der Waals surface area contributed by atoms with Crippen LogP contribution in [0.3, 0.4) is 0 Å². The number of fused-ring (bicyclic) bond motifs is 1. The Labute approximate surface area is 181 Å². The molecule has 166 valence electrons. The van der Waals surface area contributed by atoms with E-state index in [0.29, 0.717) is 16.6 Å². The average Bonchev–Trinajstić information content (AvgIpc) is 3.13. The van der Waals surface area contributed by atoms with Crippen LogP contribution in [0.5, 0.6) is 0 Å². The van der Waals surface area contributed by atoms with Crippen molar-refractivity contribution in [1.82, 2.24) is 9.99 Å². The fourth-order valence-electron chi connectivity index (χ4n) is 3.72. The zero-order valence-corrected chi connectivity index (χ0v) is 17.2. The molecule has 3 aromatic rings. The van der Waals surface area contributed by atoms with Gasteiger partial charge >= 0.3 is 0 Å². The third-order valence-electron chi connectivity index (χ3n) is 5.45. The number of carbonyl (C=O) groups is 1. The van der Waals surface area contributed by atoms with E-state index in [1.807, 2.05) is 32.0 Å². The molecule has 0 saturated carbocycles. The number of aryl methyl sites for hydroxylation is 2. The largest absolute Gasteiger partial charge is 0.364 e. The van der Waals surface area contributed by atoms with E-state index in [-0.39, 0.29) is 10.6 Å². The Morgan fingerprint density at radius 2 is 1.81 bits per heavy atom. The van der Waals surface area contributed by atoms with Crippen LogP contribution in [0.2, 0.25) is 0 Å². The van der Waals surface area contributed by atoms with Gasteiger partial charge in [0.1, 0.15) is 5.71 Å². The Morgan fingerprint density at radius 3 is 2.50 bits per heavy atom. The second kappa shape index (κ2) is 7.98. The molecular formula is C23H19F4N3O2. The van der Waals surface area contributed by atoms with Crippen molar-refractivity contribution in [3.05, 3.63) is 65.2 Å². The van der Waals surface area contributed by atoms with E-state index in [1.165, 1.54) is 6.07 Å². The van der Waals surface area contributed by atoms with E-state index >= 15 is 0 Å². The zero-order chi connectivity index (χ0) is 23.2. The van der Waals surface area contributed by atoms with E-state index in [4.69, 9.17) is 0 Å². The molecule has 0 saturated heterocycles. The molecule has 1 aliphatic heterocycles. The van der Waals surface area contributed by atoms with Gasteiger partial charge in [0.2, 0.25) is 5.72 Å². The van der Waals surface area contributed by atoms with Crippen LogP contribution in [-0.4, -0.2) is 45.3 Å². The van der Waals surface area contributed by atoms with Gasteiger partial charge in [-0.1, -0.05) is 35.9 Å². The summed E-state index contributed by atoms with van der Waals surface area (Å²) >= 11 is 0. The van der Waals surface area contributed by atoms with Crippen molar-refractivity contribution < 1.29 is 27.5 Å². The van der Waals surface area contributed by atoms with Gasteiger partial charge < -0.3 is 5.11 Å². The summed E-state index contributed by atoms with van der Waals surface area (Å²) in [4.78, 5) is 17.9. The topological polar surface area (TPSA) is 65.8 Å². The summed E-state index contributed by atoms with van der Waals surface area (Å²) in [5, 5.41) is 14.2. The molecule has 2 heterocycles. The van der Waals surface area contributed by atoms with E-state index < -0.39 is 36.6 Å². The van der Waals surface area contributed by atoms with Crippen LogP contribution in [0.15, 0.2) is 53.6 Å². The van der Waals surface area contributed by atoms with E-state index in [0.717, 1.165) is 16.7 Å². The molecule has 0 radical (unpaired) electrons. The fraction of sp³-hybridized carbons (Fsp3) is 0.261. The normalized spacial score (nSPS) is 18.7. The molecule has 2 aromatic carbocycles. The molecule has 4 rings (SSSR count). The molecule has 0 fully saturated rings. The summed E-state index contributed by atoms with van der Waals surface area (Å²) in [6, 6.07) is 13.6. The summed E-state index contributed by atoms with van der Waals surface area (Å²) in [6.45, 7) is 3.76. The van der Waals surface area contributed by atoms with Gasteiger partial charge in [-0.05, 0) is 37.6 Å². The second-order valence-corrected chi connectivity index (χ2v) is 7.76. The van der Waals surface area contributed by atoms with Crippen LogP contribution >= 0.6 is 0 Å². The third-order valence-corrected chi connectivity index (χ3v) is 5.45. The number of rotatable bonds is 4. The van der Waals surface area contributed by atoms with Gasteiger partial charge in [-0.15, -0.1) is 0 Å². The minimum absolute atomic E-state index is 0.0772. The number of hydrazone groups is 1. The Balaban J connectivity index is 1.92. The summed E-state index contributed by atoms with van der Waals surface area (Å²) in [7, 11) is 0. The number of pyridine rings is 1. The first-order valence-corrected chi connectivity index (χ1v) is 9.80. The van der Waals surface area contributed by atoms with Crippen LogP contribution in [0.1, 0.15) is 27.9 Å². The van der Waals surface area contributed by atoms with Crippen molar-refractivity contribution in [3.63, 3.8) is 0 Å². The van der Waals surface area contributed by atoms with E-state index in [2.05, 4.69) is 10.1 Å². The van der Waals surface area contributed by atoms with Gasteiger partial charge in [0, 0.05) is 17.4 Å². The fourth-order valence-corrected chi connectivity index (χ4v) is 3.72. The standard InChI is InChI=1S/C23H19F4N3O2/c1-12-7-8-13(2)15(9-12)18-10-16(14-5-3-4-6-17(14)28-18)21(31)30-23(32,22(26)27)11-19(29-30)20(24)25/h3-10,20,22,32H,11H2,1-2H3/t23-/m0/s1. The molecule has 0 unspecified atom stereocenters. The van der Waals surface area contributed by atoms with Crippen molar-refractivity contribution in [1.29, 1.82) is 0 Å². The number of alkyl halides is 4. The first-order valence-electron chi connectivity index (χ1n) is 9.80. The van der Waals surface area contributed by atoms with Crippen molar-refractivity contribution in [2.75, 3.05) is 0 Å². The molecule has 0 bridgehead atoms. The van der Waals surface area contributed by atoms with E-state index in [9.17, 15) is 27.5 Å². The second-order valence-electron chi connectivity index (χ2n) is 7.76. The number of halogens is 4. The van der Waals surface area contributed by atoms with Crippen molar-refractivity contribution >= 4 is 22.5 Å². The maximum atomic E-state index is 13.7. The maximum Gasteiger partial charge on any atom is 0.287 e. The number of hydrogen-bond acceptors (Lipinski definition) is 4. The van der Waals surface area contributed by atoms with Gasteiger partial charge in [0.05, 0.1) is 16.8 Å². The monoisotopic (exact) mass is 445 g/mol. The first kappa shape index (κ1) is 21.9. The number of benzene rings is 2. The Bertz CT molecular complexity index is 1250. The Kier molecular flexibility index (Phi) is 5.46. The highest BCUT2D eigenvalue weighted by Gasteiger charge is 2.53. The lowest BCUT2D eigenvalue weighted by atomic mass is 9.98. The van der Waals surface area contributed by atoms with Crippen molar-refractivity contribution in [2.24, 2.45) is 5.10 Å². The lowest BCUT2D eigenvalue weighted by Crippen LogP contribution is -2.51. The number of nitrogens with zero attached hydrogens (tertiary/aromatic N) is 3. The number of aliphatic hydroxyl groups is 1. The lowest BCUT2D eigenvalue weighted by Gasteiger charge is -2.30. The van der Waals surface area contributed by atoms with Crippen LogP contribution in [0.4, 0.5) is 17.6 Å². The molecular weight excluding hydrogens is 426 g/mol. The average molecular weight is 445 g/mol. The summed E-state index contributed by atoms with van der Waals surface area (Å²) in [5.74, 6) is -1.12. The Morgan fingerprint density at radius 1 is 1.09 bits per heavy atom. The van der Waals surface area contributed by atoms with Crippen LogP contribution < -0.4 is 0 Å². The molecule has 9 heteroatoms. The lowest BCUT2D eigenvalue weighted by molar-refractivity contribution is -0.164. The van der Waals surface area contributed by atoms with Gasteiger partial charge in [-0.3, -0.25) is 4.79 Å². The predicted octanol–water partition coefficient (Wildman–Crippen LogP) is 4.94. The summed E-state index contributed by atoms with van der Waals surface area (Å²) in [6.07, 6.45) is -7.82. The smallest absolute Gasteiger partial charge is 0.287 e. The van der Waals surface area contributed by atoms with Gasteiger partial charge in [0.25, 0.3) is 18.8 Å². The number of para-hydroxylation sites is 1. The van der Waals surface area contributed by atoms with Gasteiger partial charge in [-0.25, -0.2) is 22.5 Å². The van der Waals surface area contributed by atoms with Crippen LogP contribution in [0.25, 0.3) is 22.2 Å². The highest BCUT2D eigenvalue weighted by atomic mass is 19.3. The molecule has 5 nitrogen and oxygen atoms in total. The number of carbonyl (C=O) groups excluding carboxylic acids is 1. The molecule has 1 atom stereocenters. The molecule has 1 amide bonds. The molecule has 0 aliphatic carbocycles. The number of aromatic nitrogens is 1. The van der Waals surface area contributed by atoms with Crippen molar-refractivity contribution in [2.45, 2.75) is 38.8 Å². The van der Waals surface area contributed by atoms with E-state index in [1.54, 1.807) is 24.3 Å². The molecule has 32 heavy (non-hydrogen) atoms. The van der Waals surface area contributed by atoms with Gasteiger partial charge in [-0.2, -0.15) is 10.1 Å². The molecule has 1 aliphatic rings. The first-order chi connectivity index (χ1) is 15.1. The number of hydrogen-bond donors (Lipinski definition) is 1. The maximum absolute atomic E-state index is 13.7. The SMILES string of the molecule is Cc1ccc(C)c(-c2cc(C(=O)N3N=C(C(F)F)C[C@]3(O)C(F)F)c3ccccc3n2)c1. The molecule has 0 spiro atoms. The van der Waals surface area contributed by atoms with Gasteiger partial charge in [0.15, 0.2) is 0 Å². The minimum atomic E-state index is -3.50.